The molecular weight excluding hydrogens is 220 g/mol. The Hall–Kier alpha value is -1.96. The average Bonchev–Trinajstić information content (AvgIpc) is 2.83. The summed E-state index contributed by atoms with van der Waals surface area (Å²) >= 11 is 0. The molecule has 0 unspecified atom stereocenters. The molecule has 2 aliphatic rings. The van der Waals surface area contributed by atoms with Crippen molar-refractivity contribution in [2.45, 2.75) is 26.9 Å². The van der Waals surface area contributed by atoms with Crippen LogP contribution in [0.1, 0.15) is 22.3 Å². The van der Waals surface area contributed by atoms with Crippen LogP contribution < -0.4 is 10.0 Å². The molecule has 0 fully saturated rings. The fourth-order valence-corrected chi connectivity index (χ4v) is 3.11. The van der Waals surface area contributed by atoms with Crippen molar-refractivity contribution in [3.05, 3.63) is 58.7 Å². The number of benzene rings is 2. The predicted octanol–water partition coefficient (Wildman–Crippen LogP) is 3.56. The number of aryl methyl sites for hydroxylation is 2. The first-order valence-electron chi connectivity index (χ1n) is 6.46. The van der Waals surface area contributed by atoms with Gasteiger partial charge in [-0.2, -0.15) is 0 Å². The Kier molecular flexibility index (Phi) is 1.83. The van der Waals surface area contributed by atoms with E-state index in [2.05, 4.69) is 60.3 Å². The Morgan fingerprint density at radius 2 is 1.17 bits per heavy atom. The normalized spacial score (nSPS) is 15.7. The van der Waals surface area contributed by atoms with E-state index in [1.165, 1.54) is 33.6 Å². The van der Waals surface area contributed by atoms with Crippen molar-refractivity contribution < 1.29 is 0 Å². The molecule has 0 N–H and O–H groups in total. The van der Waals surface area contributed by atoms with Crippen LogP contribution in [0, 0.1) is 13.8 Å². The first-order valence-corrected chi connectivity index (χ1v) is 6.46. The highest BCUT2D eigenvalue weighted by atomic mass is 15.7. The summed E-state index contributed by atoms with van der Waals surface area (Å²) in [5, 5.41) is 4.80. The van der Waals surface area contributed by atoms with E-state index < -0.39 is 0 Å². The maximum Gasteiger partial charge on any atom is 0.0668 e. The van der Waals surface area contributed by atoms with E-state index in [0.29, 0.717) is 0 Å². The number of fused-ring (bicyclic) bond motifs is 5. The van der Waals surface area contributed by atoms with E-state index in [9.17, 15) is 0 Å². The van der Waals surface area contributed by atoms with Gasteiger partial charge in [-0.25, -0.2) is 0 Å². The van der Waals surface area contributed by atoms with Gasteiger partial charge in [0.2, 0.25) is 0 Å². The predicted molar refractivity (Wildman–Crippen MR) is 74.7 cm³/mol. The van der Waals surface area contributed by atoms with Crippen molar-refractivity contribution >= 4 is 11.4 Å². The lowest BCUT2D eigenvalue weighted by molar-refractivity contribution is 0.818. The third kappa shape index (κ3) is 1.23. The monoisotopic (exact) mass is 236 g/mol. The average molecular weight is 236 g/mol. The van der Waals surface area contributed by atoms with Crippen LogP contribution in [0.5, 0.6) is 0 Å². The zero-order chi connectivity index (χ0) is 12.3. The van der Waals surface area contributed by atoms with Crippen LogP contribution in [0.4, 0.5) is 11.4 Å². The van der Waals surface area contributed by atoms with Gasteiger partial charge in [0.15, 0.2) is 0 Å². The van der Waals surface area contributed by atoms with Gasteiger partial charge in [-0.05, 0) is 37.1 Å². The summed E-state index contributed by atoms with van der Waals surface area (Å²) < 4.78 is 0. The molecule has 2 aliphatic heterocycles. The smallest absolute Gasteiger partial charge is 0.0668 e. The number of hydrazine groups is 1. The van der Waals surface area contributed by atoms with Gasteiger partial charge < -0.3 is 0 Å². The summed E-state index contributed by atoms with van der Waals surface area (Å²) in [6.45, 7) is 6.34. The first kappa shape index (κ1) is 10.0. The molecular formula is C16H16N2. The molecule has 0 radical (unpaired) electrons. The summed E-state index contributed by atoms with van der Waals surface area (Å²) in [5.74, 6) is 0. The van der Waals surface area contributed by atoms with Crippen molar-refractivity contribution in [1.29, 1.82) is 0 Å². The van der Waals surface area contributed by atoms with Crippen molar-refractivity contribution in [1.82, 2.24) is 0 Å². The lowest BCUT2D eigenvalue weighted by atomic mass is 10.1. The minimum absolute atomic E-state index is 1.01. The topological polar surface area (TPSA) is 6.48 Å². The highest BCUT2D eigenvalue weighted by Gasteiger charge is 2.34. The van der Waals surface area contributed by atoms with E-state index in [0.717, 1.165) is 13.1 Å². The van der Waals surface area contributed by atoms with Crippen LogP contribution in [-0.4, -0.2) is 0 Å². The Morgan fingerprint density at radius 3 is 1.61 bits per heavy atom. The summed E-state index contributed by atoms with van der Waals surface area (Å²) in [4.78, 5) is 0. The quantitative estimate of drug-likeness (QED) is 0.690. The molecule has 0 amide bonds. The van der Waals surface area contributed by atoms with E-state index in [4.69, 9.17) is 0 Å². The molecule has 0 aliphatic carbocycles. The van der Waals surface area contributed by atoms with Gasteiger partial charge in [0.25, 0.3) is 0 Å². The van der Waals surface area contributed by atoms with Gasteiger partial charge in [-0.15, -0.1) is 0 Å². The summed E-state index contributed by atoms with van der Waals surface area (Å²) in [6, 6.07) is 13.5. The van der Waals surface area contributed by atoms with Gasteiger partial charge >= 0.3 is 0 Å². The van der Waals surface area contributed by atoms with Crippen LogP contribution in [0.2, 0.25) is 0 Å². The largest absolute Gasteiger partial charge is 0.280 e. The summed E-state index contributed by atoms with van der Waals surface area (Å²) in [5.41, 5.74) is 8.33. The molecule has 2 heteroatoms. The van der Waals surface area contributed by atoms with Gasteiger partial charge in [-0.1, -0.05) is 35.4 Å². The SMILES string of the molecule is Cc1ccc2c(c1)CN1c3ccc(C)cc3CN21. The number of anilines is 2. The molecule has 4 rings (SSSR count). The van der Waals surface area contributed by atoms with Crippen molar-refractivity contribution in [2.75, 3.05) is 10.0 Å². The van der Waals surface area contributed by atoms with Crippen LogP contribution in [-0.2, 0) is 13.1 Å². The summed E-state index contributed by atoms with van der Waals surface area (Å²) in [6.07, 6.45) is 0. The molecule has 0 bridgehead atoms. The standard InChI is InChI=1S/C16H16N2/c1-11-3-5-15-13(7-11)9-17-16-6-4-12(2)8-14(16)10-18(15)17/h3-8H,9-10H2,1-2H3. The first-order chi connectivity index (χ1) is 8.72. The molecule has 0 spiro atoms. The van der Waals surface area contributed by atoms with Crippen molar-refractivity contribution in [3.63, 3.8) is 0 Å². The fraction of sp³-hybridized carbons (Fsp3) is 0.250. The van der Waals surface area contributed by atoms with Gasteiger partial charge in [0.05, 0.1) is 24.5 Å². The maximum absolute atomic E-state index is 2.40. The van der Waals surface area contributed by atoms with Crippen molar-refractivity contribution in [3.8, 4) is 0 Å². The Labute approximate surface area is 107 Å². The lowest BCUT2D eigenvalue weighted by Gasteiger charge is -2.23. The highest BCUT2D eigenvalue weighted by molar-refractivity contribution is 5.74. The molecule has 2 aromatic carbocycles. The molecule has 18 heavy (non-hydrogen) atoms. The molecule has 2 aromatic rings. The van der Waals surface area contributed by atoms with Crippen LogP contribution in [0.25, 0.3) is 0 Å². The second-order valence-electron chi connectivity index (χ2n) is 5.38. The zero-order valence-corrected chi connectivity index (χ0v) is 10.8. The second-order valence-corrected chi connectivity index (χ2v) is 5.38. The Bertz CT molecular complexity index is 588. The number of hydrogen-bond donors (Lipinski definition) is 0. The third-order valence-electron chi connectivity index (χ3n) is 3.96. The molecule has 90 valence electrons. The van der Waals surface area contributed by atoms with Crippen molar-refractivity contribution in [2.24, 2.45) is 0 Å². The summed E-state index contributed by atoms with van der Waals surface area (Å²) in [7, 11) is 0. The van der Waals surface area contributed by atoms with Crippen LogP contribution in [0.3, 0.4) is 0 Å². The molecule has 0 saturated carbocycles. The highest BCUT2D eigenvalue weighted by Crippen LogP contribution is 2.42. The Balaban J connectivity index is 1.82. The zero-order valence-electron chi connectivity index (χ0n) is 10.8. The number of hydrogen-bond acceptors (Lipinski definition) is 2. The Morgan fingerprint density at radius 1 is 0.722 bits per heavy atom. The molecule has 0 aromatic heterocycles. The van der Waals surface area contributed by atoms with E-state index in [-0.39, 0.29) is 0 Å². The molecule has 0 saturated heterocycles. The minimum Gasteiger partial charge on any atom is -0.280 e. The van der Waals surface area contributed by atoms with Crippen LogP contribution in [0.15, 0.2) is 36.4 Å². The third-order valence-corrected chi connectivity index (χ3v) is 3.96. The van der Waals surface area contributed by atoms with E-state index in [1.54, 1.807) is 0 Å². The second kappa shape index (κ2) is 3.29. The fourth-order valence-electron chi connectivity index (χ4n) is 3.11. The van der Waals surface area contributed by atoms with Crippen LogP contribution >= 0.6 is 0 Å². The number of nitrogens with zero attached hydrogens (tertiary/aromatic N) is 2. The van der Waals surface area contributed by atoms with E-state index in [1.807, 2.05) is 0 Å². The lowest BCUT2D eigenvalue weighted by Crippen LogP contribution is -2.30. The minimum atomic E-state index is 1.01. The molecule has 0 atom stereocenters. The maximum atomic E-state index is 2.40. The van der Waals surface area contributed by atoms with Gasteiger partial charge in [-0.3, -0.25) is 10.0 Å². The van der Waals surface area contributed by atoms with Gasteiger partial charge in [0, 0.05) is 0 Å². The van der Waals surface area contributed by atoms with E-state index >= 15 is 0 Å². The van der Waals surface area contributed by atoms with Gasteiger partial charge in [0.1, 0.15) is 0 Å². The number of rotatable bonds is 0. The molecule has 2 nitrogen and oxygen atoms in total. The molecule has 2 heterocycles.